The van der Waals surface area contributed by atoms with Gasteiger partial charge in [-0.05, 0) is 54.2 Å². The van der Waals surface area contributed by atoms with Crippen LogP contribution in [0.15, 0.2) is 45.8 Å². The van der Waals surface area contributed by atoms with Crippen molar-refractivity contribution in [1.29, 1.82) is 0 Å². The van der Waals surface area contributed by atoms with Crippen LogP contribution >= 0.6 is 0 Å². The molecule has 0 aliphatic carbocycles. The molecule has 0 saturated carbocycles. The van der Waals surface area contributed by atoms with E-state index in [1.807, 2.05) is 30.3 Å². The topological polar surface area (TPSA) is 124 Å². The first-order valence-electron chi connectivity index (χ1n) is 11.2. The first-order chi connectivity index (χ1) is 16.4. The van der Waals surface area contributed by atoms with Crippen LogP contribution in [0.1, 0.15) is 25.5 Å². The van der Waals surface area contributed by atoms with Crippen LogP contribution in [0.4, 0.5) is 22.7 Å². The van der Waals surface area contributed by atoms with Crippen LogP contribution in [0.25, 0.3) is 16.7 Å². The fourth-order valence-corrected chi connectivity index (χ4v) is 4.53. The van der Waals surface area contributed by atoms with Gasteiger partial charge in [0.25, 0.3) is 5.56 Å². The summed E-state index contributed by atoms with van der Waals surface area (Å²) < 4.78 is 8.15. The molecule has 1 aliphatic heterocycles. The fourth-order valence-electron chi connectivity index (χ4n) is 4.53. The second kappa shape index (κ2) is 8.32. The van der Waals surface area contributed by atoms with Crippen LogP contribution in [0.5, 0.6) is 0 Å². The molecular formula is C23H25N7O4. The van der Waals surface area contributed by atoms with Gasteiger partial charge in [0.2, 0.25) is 5.52 Å². The van der Waals surface area contributed by atoms with E-state index >= 15 is 0 Å². The molecule has 2 aromatic heterocycles. The lowest BCUT2D eigenvalue weighted by Gasteiger charge is -2.32. The van der Waals surface area contributed by atoms with Crippen molar-refractivity contribution < 1.29 is 9.55 Å². The maximum Gasteiger partial charge on any atom is 0.324 e. The predicted octanol–water partition coefficient (Wildman–Crippen LogP) is 3.91. The summed E-state index contributed by atoms with van der Waals surface area (Å²) in [6, 6.07) is 10.9. The maximum absolute atomic E-state index is 13.4. The smallest absolute Gasteiger partial charge is 0.324 e. The molecule has 176 valence electrons. The summed E-state index contributed by atoms with van der Waals surface area (Å²) >= 11 is 0. The first kappa shape index (κ1) is 21.7. The number of para-hydroxylation sites is 1. The minimum Gasteiger partial charge on any atom is -0.370 e. The third-order valence-electron chi connectivity index (χ3n) is 6.61. The van der Waals surface area contributed by atoms with Gasteiger partial charge in [-0.25, -0.2) is 9.31 Å². The molecule has 0 amide bonds. The molecule has 34 heavy (non-hydrogen) atoms. The van der Waals surface area contributed by atoms with E-state index in [2.05, 4.69) is 27.5 Å². The number of aromatic nitrogens is 4. The molecule has 3 heterocycles. The third-order valence-corrected chi connectivity index (χ3v) is 6.61. The molecule has 1 N–H and O–H groups in total. The van der Waals surface area contributed by atoms with E-state index in [1.165, 1.54) is 4.68 Å². The zero-order chi connectivity index (χ0) is 24.0. The Kier molecular flexibility index (Phi) is 5.31. The Labute approximate surface area is 194 Å². The Morgan fingerprint density at radius 1 is 1.15 bits per heavy atom. The van der Waals surface area contributed by atoms with Gasteiger partial charge in [-0.3, -0.25) is 19.6 Å². The quantitative estimate of drug-likeness (QED) is 0.349. The number of nitro groups is 1. The number of benzene rings is 2. The predicted molar refractivity (Wildman–Crippen MR) is 128 cm³/mol. The normalized spacial score (nSPS) is 14.6. The SMILES string of the molecule is Cc1c(Nc2cc(N3CCC(C)CC3)c3nonc3c2[N+](=O)[O-])c(=O)n(-c2ccccc2)n1C. The lowest BCUT2D eigenvalue weighted by Crippen LogP contribution is -2.33. The van der Waals surface area contributed by atoms with Crippen LogP contribution in [-0.2, 0) is 7.05 Å². The number of nitro benzene ring substituents is 1. The van der Waals surface area contributed by atoms with E-state index in [1.54, 1.807) is 24.7 Å². The van der Waals surface area contributed by atoms with Gasteiger partial charge in [-0.1, -0.05) is 25.1 Å². The van der Waals surface area contributed by atoms with Crippen molar-refractivity contribution in [3.05, 3.63) is 62.6 Å². The van der Waals surface area contributed by atoms with E-state index in [0.29, 0.717) is 28.5 Å². The van der Waals surface area contributed by atoms with Gasteiger partial charge in [0.15, 0.2) is 5.52 Å². The highest BCUT2D eigenvalue weighted by Crippen LogP contribution is 2.40. The Bertz CT molecular complexity index is 1430. The van der Waals surface area contributed by atoms with Crippen LogP contribution in [0.3, 0.4) is 0 Å². The van der Waals surface area contributed by atoms with Gasteiger partial charge in [0.05, 0.1) is 22.0 Å². The van der Waals surface area contributed by atoms with Crippen LogP contribution in [0, 0.1) is 23.0 Å². The van der Waals surface area contributed by atoms with E-state index in [9.17, 15) is 14.9 Å². The van der Waals surface area contributed by atoms with E-state index < -0.39 is 4.92 Å². The molecule has 5 rings (SSSR count). The number of hydrogen-bond donors (Lipinski definition) is 1. The molecule has 11 nitrogen and oxygen atoms in total. The molecular weight excluding hydrogens is 438 g/mol. The zero-order valence-electron chi connectivity index (χ0n) is 19.2. The Balaban J connectivity index is 1.66. The van der Waals surface area contributed by atoms with Crippen molar-refractivity contribution in [3.8, 4) is 5.69 Å². The number of rotatable bonds is 5. The summed E-state index contributed by atoms with van der Waals surface area (Å²) in [6.07, 6.45) is 2.01. The number of nitrogens with one attached hydrogen (secondary N) is 1. The second-order valence-corrected chi connectivity index (χ2v) is 8.74. The van der Waals surface area contributed by atoms with Crippen LogP contribution in [0.2, 0.25) is 0 Å². The summed E-state index contributed by atoms with van der Waals surface area (Å²) in [5.74, 6) is 0.612. The minimum absolute atomic E-state index is 0.0561. The second-order valence-electron chi connectivity index (χ2n) is 8.74. The third kappa shape index (κ3) is 3.49. The average molecular weight is 463 g/mol. The Morgan fingerprint density at radius 2 is 1.82 bits per heavy atom. The highest BCUT2D eigenvalue weighted by Gasteiger charge is 2.30. The monoisotopic (exact) mass is 463 g/mol. The summed E-state index contributed by atoms with van der Waals surface area (Å²) in [4.78, 5) is 27.1. The molecule has 1 saturated heterocycles. The lowest BCUT2D eigenvalue weighted by atomic mass is 9.98. The molecule has 0 spiro atoms. The highest BCUT2D eigenvalue weighted by atomic mass is 16.6. The molecule has 0 atom stereocenters. The van der Waals surface area contributed by atoms with Crippen molar-refractivity contribution in [2.24, 2.45) is 13.0 Å². The number of nitrogens with zero attached hydrogens (tertiary/aromatic N) is 6. The van der Waals surface area contributed by atoms with Crippen LogP contribution in [-0.4, -0.2) is 37.7 Å². The molecule has 1 fully saturated rings. The Hall–Kier alpha value is -4.15. The minimum atomic E-state index is -0.523. The zero-order valence-corrected chi connectivity index (χ0v) is 19.2. The summed E-state index contributed by atoms with van der Waals surface area (Å²) in [5.41, 5.74) is 2.27. The van der Waals surface area contributed by atoms with Crippen LogP contribution < -0.4 is 15.8 Å². The summed E-state index contributed by atoms with van der Waals surface area (Å²) in [7, 11) is 1.77. The van der Waals surface area contributed by atoms with Crippen molar-refractivity contribution in [2.45, 2.75) is 26.7 Å². The van der Waals surface area contributed by atoms with E-state index in [4.69, 9.17) is 4.63 Å². The molecule has 0 radical (unpaired) electrons. The molecule has 1 aliphatic rings. The van der Waals surface area contributed by atoms with E-state index in [-0.39, 0.29) is 28.1 Å². The molecule has 4 aromatic rings. The fraction of sp³-hybridized carbons (Fsp3) is 0.348. The maximum atomic E-state index is 13.4. The van der Waals surface area contributed by atoms with Gasteiger partial charge >= 0.3 is 5.69 Å². The molecule has 0 unspecified atom stereocenters. The van der Waals surface area contributed by atoms with E-state index in [0.717, 1.165) is 25.9 Å². The van der Waals surface area contributed by atoms with Gasteiger partial charge in [-0.2, -0.15) is 0 Å². The molecule has 11 heteroatoms. The van der Waals surface area contributed by atoms with Crippen molar-refractivity contribution in [2.75, 3.05) is 23.3 Å². The van der Waals surface area contributed by atoms with Gasteiger partial charge < -0.3 is 10.2 Å². The summed E-state index contributed by atoms with van der Waals surface area (Å²) in [5, 5.41) is 22.9. The first-order valence-corrected chi connectivity index (χ1v) is 11.2. The van der Waals surface area contributed by atoms with Gasteiger partial charge in [-0.15, -0.1) is 0 Å². The number of anilines is 3. The molecule has 2 aromatic carbocycles. The highest BCUT2D eigenvalue weighted by molar-refractivity contribution is 6.00. The van der Waals surface area contributed by atoms with Gasteiger partial charge in [0, 0.05) is 20.1 Å². The summed E-state index contributed by atoms with van der Waals surface area (Å²) in [6.45, 7) is 5.60. The van der Waals surface area contributed by atoms with Crippen molar-refractivity contribution in [3.63, 3.8) is 0 Å². The lowest BCUT2D eigenvalue weighted by molar-refractivity contribution is -0.382. The standard InChI is InChI=1S/C23H25N7O4/c1-14-9-11-28(12-10-14)18-13-17(22(30(32)33)21-20(18)25-34-26-21)24-19-15(2)27(3)29(23(19)31)16-7-5-4-6-8-16/h4-8,13-14,24H,9-12H2,1-3H3. The number of hydrogen-bond acceptors (Lipinski definition) is 8. The van der Waals surface area contributed by atoms with Gasteiger partial charge in [0.1, 0.15) is 11.4 Å². The Morgan fingerprint density at radius 3 is 2.50 bits per heavy atom. The number of piperidine rings is 1. The van der Waals surface area contributed by atoms with Crippen molar-refractivity contribution >= 4 is 33.8 Å². The average Bonchev–Trinajstić information content (AvgIpc) is 3.39. The van der Waals surface area contributed by atoms with Crippen molar-refractivity contribution in [1.82, 2.24) is 19.7 Å². The molecule has 0 bridgehead atoms. The number of fused-ring (bicyclic) bond motifs is 1. The largest absolute Gasteiger partial charge is 0.370 e.